The maximum Gasteiger partial charge on any atom is 0.320 e. The molecule has 1 aliphatic carbocycles. The van der Waals surface area contributed by atoms with Gasteiger partial charge < -0.3 is 9.47 Å². The van der Waals surface area contributed by atoms with Crippen LogP contribution in [0.5, 0.6) is 5.75 Å². The van der Waals surface area contributed by atoms with Gasteiger partial charge in [0.1, 0.15) is 11.2 Å². The summed E-state index contributed by atoms with van der Waals surface area (Å²) in [5.41, 5.74) is 1.63. The molecule has 1 aromatic carbocycles. The van der Waals surface area contributed by atoms with Gasteiger partial charge in [-0.25, -0.2) is 0 Å². The predicted octanol–water partition coefficient (Wildman–Crippen LogP) is 3.05. The third-order valence-electron chi connectivity index (χ3n) is 3.39. The number of ether oxygens (including phenoxy) is 2. The van der Waals surface area contributed by atoms with Crippen LogP contribution in [-0.2, 0) is 9.53 Å². The van der Waals surface area contributed by atoms with Crippen LogP contribution in [0.15, 0.2) is 30.3 Å². The highest BCUT2D eigenvalue weighted by Crippen LogP contribution is 2.54. The molecule has 0 heterocycles. The lowest BCUT2D eigenvalue weighted by Crippen LogP contribution is -2.21. The molecule has 0 saturated heterocycles. The molecule has 18 heavy (non-hydrogen) atoms. The molecule has 2 rings (SSSR count). The van der Waals surface area contributed by atoms with Gasteiger partial charge >= 0.3 is 5.97 Å². The van der Waals surface area contributed by atoms with Crippen molar-refractivity contribution in [3.63, 3.8) is 0 Å². The second kappa shape index (κ2) is 4.84. The first-order chi connectivity index (χ1) is 8.67. The molecular weight excluding hydrogens is 228 g/mol. The first kappa shape index (κ1) is 12.7. The third kappa shape index (κ3) is 2.01. The van der Waals surface area contributed by atoms with E-state index >= 15 is 0 Å². The predicted molar refractivity (Wildman–Crippen MR) is 70.3 cm³/mol. The van der Waals surface area contributed by atoms with Crippen LogP contribution in [0.3, 0.4) is 0 Å². The van der Waals surface area contributed by atoms with Gasteiger partial charge in [0.05, 0.1) is 13.7 Å². The summed E-state index contributed by atoms with van der Waals surface area (Å²) < 4.78 is 10.3. The number of carbonyl (C=O) groups is 1. The maximum atomic E-state index is 12.0. The van der Waals surface area contributed by atoms with E-state index in [1.165, 1.54) is 0 Å². The fourth-order valence-corrected chi connectivity index (χ4v) is 2.19. The second-order valence-corrected chi connectivity index (χ2v) is 4.33. The summed E-state index contributed by atoms with van der Waals surface area (Å²) >= 11 is 0. The summed E-state index contributed by atoms with van der Waals surface area (Å²) in [5, 5.41) is 0. The van der Waals surface area contributed by atoms with Gasteiger partial charge in [0.2, 0.25) is 0 Å². The molecule has 1 atom stereocenters. The molecule has 0 bridgehead atoms. The topological polar surface area (TPSA) is 35.5 Å². The highest BCUT2D eigenvalue weighted by molar-refractivity contribution is 6.05. The summed E-state index contributed by atoms with van der Waals surface area (Å²) in [6.07, 6.45) is 2.74. The minimum absolute atomic E-state index is 0.140. The van der Waals surface area contributed by atoms with E-state index in [1.807, 2.05) is 44.2 Å². The Morgan fingerprint density at radius 1 is 1.22 bits per heavy atom. The smallest absolute Gasteiger partial charge is 0.320 e. The van der Waals surface area contributed by atoms with Crippen LogP contribution in [0.25, 0.3) is 5.57 Å². The molecule has 0 aliphatic heterocycles. The Balaban J connectivity index is 2.16. The number of rotatable bonds is 5. The van der Waals surface area contributed by atoms with Crippen molar-refractivity contribution in [1.29, 1.82) is 0 Å². The molecule has 3 heteroatoms. The molecule has 0 amide bonds. The Morgan fingerprint density at radius 2 is 1.89 bits per heavy atom. The van der Waals surface area contributed by atoms with Crippen LogP contribution in [0.4, 0.5) is 0 Å². The standard InChI is InChI=1S/C15H18O3/c1-4-15(14(16)18-5-2)10-13(15)11-6-8-12(17-3)9-7-11/h6-10H,4-5H2,1-3H3. The molecule has 1 unspecified atom stereocenters. The van der Waals surface area contributed by atoms with Crippen LogP contribution in [0.2, 0.25) is 0 Å². The van der Waals surface area contributed by atoms with Gasteiger partial charge in [-0.1, -0.05) is 25.1 Å². The van der Waals surface area contributed by atoms with E-state index < -0.39 is 5.41 Å². The quantitative estimate of drug-likeness (QED) is 0.749. The first-order valence-corrected chi connectivity index (χ1v) is 6.23. The van der Waals surface area contributed by atoms with Gasteiger partial charge in [-0.3, -0.25) is 4.79 Å². The van der Waals surface area contributed by atoms with E-state index in [9.17, 15) is 4.79 Å². The second-order valence-electron chi connectivity index (χ2n) is 4.33. The number of carbonyl (C=O) groups excluding carboxylic acids is 1. The summed E-state index contributed by atoms with van der Waals surface area (Å²) in [7, 11) is 1.64. The lowest BCUT2D eigenvalue weighted by atomic mass is 9.93. The van der Waals surface area contributed by atoms with Crippen molar-refractivity contribution in [3.8, 4) is 5.75 Å². The Hall–Kier alpha value is -1.77. The van der Waals surface area contributed by atoms with E-state index in [0.717, 1.165) is 23.3 Å². The van der Waals surface area contributed by atoms with E-state index in [1.54, 1.807) is 7.11 Å². The lowest BCUT2D eigenvalue weighted by Gasteiger charge is -2.15. The fraction of sp³-hybridized carbons (Fsp3) is 0.400. The zero-order valence-corrected chi connectivity index (χ0v) is 11.0. The van der Waals surface area contributed by atoms with E-state index in [0.29, 0.717) is 6.61 Å². The van der Waals surface area contributed by atoms with Gasteiger partial charge in [-0.15, -0.1) is 0 Å². The van der Waals surface area contributed by atoms with Crippen molar-refractivity contribution in [1.82, 2.24) is 0 Å². The minimum atomic E-state index is -0.495. The SMILES string of the molecule is CCOC(=O)C1(CC)C=C1c1ccc(OC)cc1. The van der Waals surface area contributed by atoms with Gasteiger partial charge in [-0.2, -0.15) is 0 Å². The van der Waals surface area contributed by atoms with Crippen LogP contribution in [0, 0.1) is 5.41 Å². The summed E-state index contributed by atoms with van der Waals surface area (Å²) in [6.45, 7) is 4.25. The molecule has 3 nitrogen and oxygen atoms in total. The Bertz CT molecular complexity index is 473. The highest BCUT2D eigenvalue weighted by atomic mass is 16.5. The monoisotopic (exact) mass is 246 g/mol. The first-order valence-electron chi connectivity index (χ1n) is 6.23. The fourth-order valence-electron chi connectivity index (χ4n) is 2.19. The number of hydrogen-bond donors (Lipinski definition) is 0. The van der Waals surface area contributed by atoms with Gasteiger partial charge in [-0.05, 0) is 36.6 Å². The normalized spacial score (nSPS) is 21.2. The maximum absolute atomic E-state index is 12.0. The van der Waals surface area contributed by atoms with Crippen molar-refractivity contribution >= 4 is 11.5 Å². The average molecular weight is 246 g/mol. The zero-order valence-electron chi connectivity index (χ0n) is 11.0. The number of esters is 1. The molecule has 0 saturated carbocycles. The Labute approximate surface area is 107 Å². The molecule has 0 aromatic heterocycles. The third-order valence-corrected chi connectivity index (χ3v) is 3.39. The Morgan fingerprint density at radius 3 is 2.39 bits per heavy atom. The highest BCUT2D eigenvalue weighted by Gasteiger charge is 2.51. The summed E-state index contributed by atoms with van der Waals surface area (Å²) in [4.78, 5) is 12.0. The number of hydrogen-bond acceptors (Lipinski definition) is 3. The molecular formula is C15H18O3. The van der Waals surface area contributed by atoms with Crippen molar-refractivity contribution in [2.75, 3.05) is 13.7 Å². The average Bonchev–Trinajstić information content (AvgIpc) is 3.15. The molecule has 0 N–H and O–H groups in total. The minimum Gasteiger partial charge on any atom is -0.497 e. The van der Waals surface area contributed by atoms with E-state index in [2.05, 4.69) is 0 Å². The van der Waals surface area contributed by atoms with E-state index in [4.69, 9.17) is 9.47 Å². The van der Waals surface area contributed by atoms with Crippen molar-refractivity contribution in [3.05, 3.63) is 35.9 Å². The summed E-state index contributed by atoms with van der Waals surface area (Å²) in [5.74, 6) is 0.677. The number of benzene rings is 1. The molecule has 0 spiro atoms. The molecule has 1 aliphatic rings. The summed E-state index contributed by atoms with van der Waals surface area (Å²) in [6, 6.07) is 7.75. The van der Waals surface area contributed by atoms with Crippen LogP contribution >= 0.6 is 0 Å². The number of methoxy groups -OCH3 is 1. The van der Waals surface area contributed by atoms with Crippen LogP contribution in [0.1, 0.15) is 25.8 Å². The lowest BCUT2D eigenvalue weighted by molar-refractivity contribution is -0.148. The molecule has 0 radical (unpaired) electrons. The van der Waals surface area contributed by atoms with E-state index in [-0.39, 0.29) is 5.97 Å². The Kier molecular flexibility index (Phi) is 3.41. The molecule has 0 fully saturated rings. The van der Waals surface area contributed by atoms with Crippen molar-refractivity contribution in [2.45, 2.75) is 20.3 Å². The zero-order chi connectivity index (χ0) is 13.2. The van der Waals surface area contributed by atoms with Crippen molar-refractivity contribution in [2.24, 2.45) is 5.41 Å². The van der Waals surface area contributed by atoms with Gasteiger partial charge in [0.25, 0.3) is 0 Å². The van der Waals surface area contributed by atoms with Crippen LogP contribution < -0.4 is 4.74 Å². The molecule has 96 valence electrons. The van der Waals surface area contributed by atoms with Gasteiger partial charge in [0, 0.05) is 0 Å². The van der Waals surface area contributed by atoms with Crippen LogP contribution in [-0.4, -0.2) is 19.7 Å². The molecule has 1 aromatic rings. The van der Waals surface area contributed by atoms with Gasteiger partial charge in [0.15, 0.2) is 0 Å². The largest absolute Gasteiger partial charge is 0.497 e. The van der Waals surface area contributed by atoms with Crippen molar-refractivity contribution < 1.29 is 14.3 Å².